The molecule has 2 aromatic heterocycles. The average molecular weight is 605 g/mol. The molecule has 0 spiro atoms. The van der Waals surface area contributed by atoms with Gasteiger partial charge in [0.25, 0.3) is 5.91 Å². The van der Waals surface area contributed by atoms with Crippen LogP contribution in [-0.2, 0) is 36.1 Å². The third-order valence-corrected chi connectivity index (χ3v) is 7.00. The molecule has 0 radical (unpaired) electrons. The van der Waals surface area contributed by atoms with Crippen LogP contribution in [0.5, 0.6) is 5.75 Å². The molecule has 12 nitrogen and oxygen atoms in total. The van der Waals surface area contributed by atoms with Gasteiger partial charge in [-0.25, -0.2) is 19.3 Å². The first-order valence-corrected chi connectivity index (χ1v) is 13.9. The highest BCUT2D eigenvalue weighted by Gasteiger charge is 2.54. The predicted octanol–water partition coefficient (Wildman–Crippen LogP) is 3.94. The standard InChI is InChI=1S/C31H33FN6O6/c1-18(2)44-28(40)30(3)16-42-31(26(33)39,43-17-30)27-37-24(20-7-9-21(32)10-8-20)25(38-27)23-13-14-34-29(36-23)35-15-19-5-11-22(41-4)12-6-19/h5-14,18H,15-17H2,1-4H3,(H2,33,39)(H,37,38)(H,34,35,36). The highest BCUT2D eigenvalue weighted by Crippen LogP contribution is 2.39. The van der Waals surface area contributed by atoms with Gasteiger partial charge < -0.3 is 35.0 Å². The Kier molecular flexibility index (Phi) is 8.61. The Hall–Kier alpha value is -4.88. The number of methoxy groups -OCH3 is 1. The van der Waals surface area contributed by atoms with Crippen molar-refractivity contribution in [2.24, 2.45) is 11.1 Å². The van der Waals surface area contributed by atoms with E-state index < -0.39 is 28.9 Å². The van der Waals surface area contributed by atoms with Crippen LogP contribution in [0.2, 0.25) is 0 Å². The smallest absolute Gasteiger partial charge is 0.316 e. The zero-order chi connectivity index (χ0) is 31.5. The minimum absolute atomic E-state index is 0.0649. The zero-order valence-electron chi connectivity index (χ0n) is 24.7. The van der Waals surface area contributed by atoms with Crippen LogP contribution in [0, 0.1) is 11.2 Å². The van der Waals surface area contributed by atoms with E-state index >= 15 is 0 Å². The van der Waals surface area contributed by atoms with Crippen molar-refractivity contribution in [2.75, 3.05) is 25.6 Å². The predicted molar refractivity (Wildman–Crippen MR) is 157 cm³/mol. The maximum Gasteiger partial charge on any atom is 0.316 e. The number of H-pyrrole nitrogens is 1. The van der Waals surface area contributed by atoms with Crippen LogP contribution >= 0.6 is 0 Å². The summed E-state index contributed by atoms with van der Waals surface area (Å²) in [6.07, 6.45) is 1.22. The molecule has 0 atom stereocenters. The Morgan fingerprint density at radius 3 is 2.36 bits per heavy atom. The second kappa shape index (κ2) is 12.4. The van der Waals surface area contributed by atoms with Crippen molar-refractivity contribution in [3.8, 4) is 28.4 Å². The summed E-state index contributed by atoms with van der Waals surface area (Å²) >= 11 is 0. The second-order valence-corrected chi connectivity index (χ2v) is 10.9. The van der Waals surface area contributed by atoms with Crippen LogP contribution in [0.4, 0.5) is 10.3 Å². The lowest BCUT2D eigenvalue weighted by Crippen LogP contribution is -2.56. The molecule has 4 aromatic rings. The van der Waals surface area contributed by atoms with Crippen molar-refractivity contribution in [1.29, 1.82) is 0 Å². The average Bonchev–Trinajstić information content (AvgIpc) is 3.47. The number of ether oxygens (including phenoxy) is 4. The first kappa shape index (κ1) is 30.6. The van der Waals surface area contributed by atoms with Gasteiger partial charge in [-0.15, -0.1) is 0 Å². The van der Waals surface area contributed by atoms with Crippen LogP contribution in [0.3, 0.4) is 0 Å². The molecule has 1 aliphatic heterocycles. The fourth-order valence-corrected chi connectivity index (χ4v) is 4.51. The summed E-state index contributed by atoms with van der Waals surface area (Å²) in [6, 6.07) is 14.9. The molecule has 1 fully saturated rings. The molecule has 0 bridgehead atoms. The van der Waals surface area contributed by atoms with Crippen LogP contribution in [0.1, 0.15) is 32.2 Å². The van der Waals surface area contributed by atoms with E-state index in [1.54, 1.807) is 52.3 Å². The van der Waals surface area contributed by atoms with E-state index in [1.165, 1.54) is 12.1 Å². The van der Waals surface area contributed by atoms with E-state index in [-0.39, 0.29) is 25.1 Å². The lowest BCUT2D eigenvalue weighted by atomic mass is 9.91. The van der Waals surface area contributed by atoms with Gasteiger partial charge in [-0.3, -0.25) is 9.59 Å². The normalized spacial score (nSPS) is 19.9. The monoisotopic (exact) mass is 604 g/mol. The minimum atomic E-state index is -2.15. The lowest BCUT2D eigenvalue weighted by Gasteiger charge is -2.40. The molecule has 0 unspecified atom stereocenters. The van der Waals surface area contributed by atoms with Crippen molar-refractivity contribution >= 4 is 17.8 Å². The number of hydrogen-bond donors (Lipinski definition) is 3. The molecule has 4 N–H and O–H groups in total. The third-order valence-electron chi connectivity index (χ3n) is 7.00. The topological polar surface area (TPSA) is 164 Å². The van der Waals surface area contributed by atoms with Crippen LogP contribution in [0.15, 0.2) is 60.8 Å². The van der Waals surface area contributed by atoms with Crippen molar-refractivity contribution in [1.82, 2.24) is 19.9 Å². The quantitative estimate of drug-likeness (QED) is 0.226. The second-order valence-electron chi connectivity index (χ2n) is 10.9. The fourth-order valence-electron chi connectivity index (χ4n) is 4.51. The molecular weight excluding hydrogens is 571 g/mol. The first-order valence-electron chi connectivity index (χ1n) is 13.9. The molecule has 13 heteroatoms. The lowest BCUT2D eigenvalue weighted by molar-refractivity contribution is -0.294. The number of primary amides is 1. The number of nitrogens with one attached hydrogen (secondary N) is 2. The van der Waals surface area contributed by atoms with Gasteiger partial charge in [0.2, 0.25) is 5.95 Å². The summed E-state index contributed by atoms with van der Waals surface area (Å²) in [5.41, 5.74) is 7.26. The van der Waals surface area contributed by atoms with E-state index in [2.05, 4.69) is 25.3 Å². The Morgan fingerprint density at radius 2 is 1.75 bits per heavy atom. The molecule has 0 aliphatic carbocycles. The van der Waals surface area contributed by atoms with Gasteiger partial charge in [0.1, 0.15) is 17.0 Å². The molecule has 1 aliphatic rings. The fraction of sp³-hybridized carbons (Fsp3) is 0.323. The van der Waals surface area contributed by atoms with Gasteiger partial charge in [0.05, 0.1) is 43.5 Å². The van der Waals surface area contributed by atoms with Crippen LogP contribution < -0.4 is 15.8 Å². The maximum absolute atomic E-state index is 13.8. The molecule has 1 amide bonds. The zero-order valence-corrected chi connectivity index (χ0v) is 24.7. The molecule has 230 valence electrons. The van der Waals surface area contributed by atoms with Crippen molar-refractivity contribution in [3.63, 3.8) is 0 Å². The number of carbonyl (C=O) groups excluding carboxylic acids is 2. The van der Waals surface area contributed by atoms with E-state index in [9.17, 15) is 14.0 Å². The Bertz CT molecular complexity index is 1630. The van der Waals surface area contributed by atoms with Gasteiger partial charge in [-0.05, 0) is 68.8 Å². The Balaban J connectivity index is 1.49. The number of benzene rings is 2. The Labute approximate surface area is 253 Å². The number of anilines is 1. The van der Waals surface area contributed by atoms with Gasteiger partial charge >= 0.3 is 11.8 Å². The number of nitrogens with two attached hydrogens (primary N) is 1. The summed E-state index contributed by atoms with van der Waals surface area (Å²) < 4.78 is 36.2. The number of aromatic amines is 1. The first-order chi connectivity index (χ1) is 21.0. The molecule has 3 heterocycles. The molecule has 1 saturated heterocycles. The molecule has 44 heavy (non-hydrogen) atoms. The van der Waals surface area contributed by atoms with E-state index in [1.807, 2.05) is 24.3 Å². The number of esters is 1. The van der Waals surface area contributed by atoms with Crippen molar-refractivity contribution in [2.45, 2.75) is 39.2 Å². The summed E-state index contributed by atoms with van der Waals surface area (Å²) in [5, 5.41) is 3.19. The maximum atomic E-state index is 13.8. The number of aromatic nitrogens is 4. The summed E-state index contributed by atoms with van der Waals surface area (Å²) in [5.74, 6) is -3.08. The summed E-state index contributed by atoms with van der Waals surface area (Å²) in [4.78, 5) is 42.3. The molecule has 5 rings (SSSR count). The number of hydrogen-bond acceptors (Lipinski definition) is 10. The van der Waals surface area contributed by atoms with E-state index in [0.717, 1.165) is 11.3 Å². The number of nitrogens with zero attached hydrogens (tertiary/aromatic N) is 3. The number of rotatable bonds is 10. The highest BCUT2D eigenvalue weighted by atomic mass is 19.1. The van der Waals surface area contributed by atoms with Gasteiger partial charge in [-0.1, -0.05) is 12.1 Å². The van der Waals surface area contributed by atoms with Gasteiger partial charge in [0.15, 0.2) is 5.82 Å². The molecule has 2 aromatic carbocycles. The van der Waals surface area contributed by atoms with Gasteiger partial charge in [-0.2, -0.15) is 0 Å². The number of amides is 1. The summed E-state index contributed by atoms with van der Waals surface area (Å²) in [7, 11) is 1.60. The van der Waals surface area contributed by atoms with E-state index in [0.29, 0.717) is 35.1 Å². The van der Waals surface area contributed by atoms with E-state index in [4.69, 9.17) is 24.7 Å². The molecular formula is C31H33FN6O6. The Morgan fingerprint density at radius 1 is 1.07 bits per heavy atom. The summed E-state index contributed by atoms with van der Waals surface area (Å²) in [6.45, 7) is 5.06. The van der Waals surface area contributed by atoms with Gasteiger partial charge in [0, 0.05) is 18.3 Å². The van der Waals surface area contributed by atoms with Crippen LogP contribution in [0.25, 0.3) is 22.6 Å². The SMILES string of the molecule is COc1ccc(CNc2nccc(-c3[nH]c(C4(C(N)=O)OCC(C)(C(=O)OC(C)C)CO4)nc3-c3ccc(F)cc3)n2)cc1. The highest BCUT2D eigenvalue weighted by molar-refractivity contribution is 5.85. The third kappa shape index (κ3) is 6.24. The van der Waals surface area contributed by atoms with Crippen molar-refractivity contribution in [3.05, 3.63) is 78.0 Å². The number of halogens is 1. The number of carbonyl (C=O) groups is 2. The van der Waals surface area contributed by atoms with Crippen molar-refractivity contribution < 1.29 is 32.9 Å². The van der Waals surface area contributed by atoms with Crippen LogP contribution in [-0.4, -0.2) is 58.2 Å². The largest absolute Gasteiger partial charge is 0.497 e. The minimum Gasteiger partial charge on any atom is -0.497 e. The molecule has 0 saturated carbocycles. The number of imidazole rings is 1.